The van der Waals surface area contributed by atoms with E-state index in [1.807, 2.05) is 39.1 Å². The molecule has 10 heteroatoms. The number of allylic oxidation sites excluding steroid dienone is 3. The van der Waals surface area contributed by atoms with Crippen LogP contribution in [0.1, 0.15) is 58.9 Å². The van der Waals surface area contributed by atoms with E-state index in [1.165, 1.54) is 24.2 Å². The van der Waals surface area contributed by atoms with Crippen LogP contribution in [0.5, 0.6) is 0 Å². The average molecular weight is 533 g/mol. The van der Waals surface area contributed by atoms with Gasteiger partial charge in [-0.05, 0) is 30.9 Å². The van der Waals surface area contributed by atoms with Crippen LogP contribution in [0.15, 0.2) is 29.7 Å². The zero-order chi connectivity index (χ0) is 27.7. The maximum atomic E-state index is 14.0. The molecule has 4 fully saturated rings. The number of amides is 1. The Morgan fingerprint density at radius 2 is 1.84 bits per heavy atom. The highest BCUT2D eigenvalue weighted by Crippen LogP contribution is 2.39. The molecule has 3 aliphatic heterocycles. The number of nitrogens with zero attached hydrogens (tertiary/aromatic N) is 4. The standard InChI is InChI=1S/C23H30F2N6O2.C3H6.C2H6/c1-13-8-26-21(31-10-22(2,3)11-31)29-19(13)28-14-5-6-16-15(7-14)17-18(20(32)30(16)4)33-12-23(24,25)9-27-17;1-2-3-1;1-2/h5-6,8,15,17-18,27H,7,9-12H2,1-4H3,(H,26,28,29);1-3H2;1-2H3. The van der Waals surface area contributed by atoms with Crippen molar-refractivity contribution in [1.29, 1.82) is 0 Å². The van der Waals surface area contributed by atoms with Crippen molar-refractivity contribution >= 4 is 17.7 Å². The maximum Gasteiger partial charge on any atom is 0.283 e. The number of nitrogens with one attached hydrogen (secondary N) is 2. The Bertz CT molecular complexity index is 1080. The van der Waals surface area contributed by atoms with Crippen LogP contribution < -0.4 is 15.5 Å². The molecule has 4 heterocycles. The van der Waals surface area contributed by atoms with Crippen LogP contribution in [-0.2, 0) is 9.53 Å². The second kappa shape index (κ2) is 11.3. The van der Waals surface area contributed by atoms with Gasteiger partial charge in [0.1, 0.15) is 12.4 Å². The fourth-order valence-corrected chi connectivity index (χ4v) is 5.11. The number of anilines is 2. The molecule has 6 rings (SSSR count). The van der Waals surface area contributed by atoms with Crippen LogP contribution in [0.25, 0.3) is 0 Å². The van der Waals surface area contributed by atoms with E-state index in [2.05, 4.69) is 34.4 Å². The summed E-state index contributed by atoms with van der Waals surface area (Å²) in [6.45, 7) is 10.9. The van der Waals surface area contributed by atoms with Gasteiger partial charge in [-0.1, -0.05) is 47.0 Å². The summed E-state index contributed by atoms with van der Waals surface area (Å²) < 4.78 is 33.4. The third-order valence-electron chi connectivity index (χ3n) is 7.18. The number of ether oxygens (including phenoxy) is 1. The first-order valence-corrected chi connectivity index (χ1v) is 13.8. The highest BCUT2D eigenvalue weighted by Gasteiger charge is 2.50. The Balaban J connectivity index is 0.000000616. The molecule has 0 bridgehead atoms. The summed E-state index contributed by atoms with van der Waals surface area (Å²) in [5.41, 5.74) is 2.88. The summed E-state index contributed by atoms with van der Waals surface area (Å²) in [6, 6.07) is -0.524. The molecule has 210 valence electrons. The number of alkyl halides is 2. The van der Waals surface area contributed by atoms with Crippen LogP contribution >= 0.6 is 0 Å². The first kappa shape index (κ1) is 28.4. The lowest BCUT2D eigenvalue weighted by atomic mass is 9.80. The monoisotopic (exact) mass is 532 g/mol. The van der Waals surface area contributed by atoms with Gasteiger partial charge < -0.3 is 25.2 Å². The van der Waals surface area contributed by atoms with Gasteiger partial charge in [-0.3, -0.25) is 4.79 Å². The van der Waals surface area contributed by atoms with Gasteiger partial charge in [-0.2, -0.15) is 4.98 Å². The van der Waals surface area contributed by atoms with E-state index in [0.717, 1.165) is 35.9 Å². The SMILES string of the molecule is C1CC1.CC.Cc1cnc(N2CC(C)(C)C2)nc1NC1=CC=C2C(C1)C1NCC(F)(F)COC1C(=O)N2C. The largest absolute Gasteiger partial charge is 0.360 e. The number of hydrogen-bond acceptors (Lipinski definition) is 7. The van der Waals surface area contributed by atoms with Crippen molar-refractivity contribution in [2.75, 3.05) is 43.5 Å². The lowest BCUT2D eigenvalue weighted by Crippen LogP contribution is -2.59. The Morgan fingerprint density at radius 1 is 1.16 bits per heavy atom. The highest BCUT2D eigenvalue weighted by molar-refractivity contribution is 5.85. The quantitative estimate of drug-likeness (QED) is 0.594. The predicted octanol–water partition coefficient (Wildman–Crippen LogP) is 4.49. The molecule has 1 amide bonds. The Hall–Kier alpha value is -2.59. The molecule has 2 aliphatic carbocycles. The molecule has 1 aromatic heterocycles. The third-order valence-corrected chi connectivity index (χ3v) is 7.18. The van der Waals surface area contributed by atoms with Crippen molar-refractivity contribution in [3.05, 3.63) is 35.3 Å². The van der Waals surface area contributed by atoms with Crippen LogP contribution in [0, 0.1) is 18.3 Å². The molecule has 1 saturated carbocycles. The molecule has 38 heavy (non-hydrogen) atoms. The summed E-state index contributed by atoms with van der Waals surface area (Å²) in [5.74, 6) is -2.07. The molecule has 3 saturated heterocycles. The average Bonchev–Trinajstić information content (AvgIpc) is 3.75. The highest BCUT2D eigenvalue weighted by atomic mass is 19.3. The minimum Gasteiger partial charge on any atom is -0.360 e. The van der Waals surface area contributed by atoms with Crippen LogP contribution in [0.4, 0.5) is 20.5 Å². The Morgan fingerprint density at radius 3 is 2.47 bits per heavy atom. The molecule has 3 atom stereocenters. The van der Waals surface area contributed by atoms with Gasteiger partial charge >= 0.3 is 0 Å². The van der Waals surface area contributed by atoms with Gasteiger partial charge in [0, 0.05) is 49.2 Å². The minimum absolute atomic E-state index is 0.183. The number of halogens is 2. The lowest BCUT2D eigenvalue weighted by molar-refractivity contribution is -0.152. The number of rotatable bonds is 3. The number of likely N-dealkylation sites (tertiary alicyclic amines) is 1. The second-order valence-electron chi connectivity index (χ2n) is 11.4. The fourth-order valence-electron chi connectivity index (χ4n) is 5.11. The first-order valence-electron chi connectivity index (χ1n) is 13.8. The van der Waals surface area contributed by atoms with E-state index in [1.54, 1.807) is 7.05 Å². The zero-order valence-corrected chi connectivity index (χ0v) is 23.5. The molecule has 0 radical (unpaired) electrons. The van der Waals surface area contributed by atoms with Gasteiger partial charge in [-0.25, -0.2) is 13.8 Å². The molecule has 5 aliphatic rings. The molecular weight excluding hydrogens is 490 g/mol. The maximum absolute atomic E-state index is 14.0. The molecule has 3 unspecified atom stereocenters. The summed E-state index contributed by atoms with van der Waals surface area (Å²) in [4.78, 5) is 25.7. The molecular formula is C28H42F2N6O2. The number of hydrogen-bond donors (Lipinski definition) is 2. The van der Waals surface area contributed by atoms with Crippen LogP contribution in [-0.4, -0.2) is 72.1 Å². The van der Waals surface area contributed by atoms with E-state index in [0.29, 0.717) is 12.4 Å². The van der Waals surface area contributed by atoms with Crippen molar-refractivity contribution in [3.63, 3.8) is 0 Å². The van der Waals surface area contributed by atoms with Crippen molar-refractivity contribution in [3.8, 4) is 0 Å². The zero-order valence-electron chi connectivity index (χ0n) is 23.5. The van der Waals surface area contributed by atoms with E-state index < -0.39 is 31.2 Å². The summed E-state index contributed by atoms with van der Waals surface area (Å²) in [6.07, 6.45) is 9.72. The topological polar surface area (TPSA) is 82.6 Å². The van der Waals surface area contributed by atoms with Crippen LogP contribution in [0.3, 0.4) is 0 Å². The number of carbonyl (C=O) groups is 1. The second-order valence-corrected chi connectivity index (χ2v) is 11.4. The van der Waals surface area contributed by atoms with Crippen molar-refractivity contribution in [1.82, 2.24) is 20.2 Å². The van der Waals surface area contributed by atoms with Crippen molar-refractivity contribution in [2.45, 2.75) is 78.4 Å². The van der Waals surface area contributed by atoms with E-state index in [9.17, 15) is 13.6 Å². The predicted molar refractivity (Wildman–Crippen MR) is 145 cm³/mol. The number of aromatic nitrogens is 2. The number of fused-ring (bicyclic) bond motifs is 3. The smallest absolute Gasteiger partial charge is 0.283 e. The van der Waals surface area contributed by atoms with Gasteiger partial charge in [0.2, 0.25) is 5.95 Å². The van der Waals surface area contributed by atoms with Gasteiger partial charge in [0.05, 0.1) is 12.6 Å². The number of likely N-dealkylation sites (N-methyl/N-ethyl adjacent to an activating group) is 1. The van der Waals surface area contributed by atoms with E-state index in [-0.39, 0.29) is 17.2 Å². The summed E-state index contributed by atoms with van der Waals surface area (Å²) >= 11 is 0. The normalized spacial score (nSPS) is 28.4. The molecule has 1 aromatic rings. The van der Waals surface area contributed by atoms with Gasteiger partial charge in [0.15, 0.2) is 6.10 Å². The van der Waals surface area contributed by atoms with Gasteiger partial charge in [-0.15, -0.1) is 0 Å². The van der Waals surface area contributed by atoms with Crippen molar-refractivity contribution < 1.29 is 18.3 Å². The summed E-state index contributed by atoms with van der Waals surface area (Å²) in [7, 11) is 1.67. The lowest BCUT2D eigenvalue weighted by Gasteiger charge is -2.45. The van der Waals surface area contributed by atoms with Crippen LogP contribution in [0.2, 0.25) is 0 Å². The van der Waals surface area contributed by atoms with E-state index in [4.69, 9.17) is 9.72 Å². The molecule has 0 spiro atoms. The molecule has 0 aromatic carbocycles. The summed E-state index contributed by atoms with van der Waals surface area (Å²) in [5, 5.41) is 6.33. The number of aryl methyl sites for hydroxylation is 1. The minimum atomic E-state index is -3.01. The Labute approximate surface area is 224 Å². The third kappa shape index (κ3) is 6.34. The fraction of sp³-hybridized carbons (Fsp3) is 0.679. The van der Waals surface area contributed by atoms with Gasteiger partial charge in [0.25, 0.3) is 11.8 Å². The molecule has 8 nitrogen and oxygen atoms in total. The number of piperidine rings is 1. The van der Waals surface area contributed by atoms with Crippen molar-refractivity contribution in [2.24, 2.45) is 11.3 Å². The van der Waals surface area contributed by atoms with E-state index >= 15 is 0 Å². The number of carbonyl (C=O) groups excluding carboxylic acids is 1. The molecule has 2 N–H and O–H groups in total. The Kier molecular flexibility index (Phi) is 8.42. The first-order chi connectivity index (χ1) is 18.0.